The molecule has 3 rings (SSSR count). The average molecular weight is 307 g/mol. The maximum atomic E-state index is 11.1. The van der Waals surface area contributed by atoms with Crippen molar-refractivity contribution in [1.82, 2.24) is 0 Å². The third kappa shape index (κ3) is 2.40. The molecule has 0 spiro atoms. The van der Waals surface area contributed by atoms with Gasteiger partial charge in [0.15, 0.2) is 5.17 Å². The van der Waals surface area contributed by atoms with Crippen molar-refractivity contribution in [2.45, 2.75) is 18.9 Å². The van der Waals surface area contributed by atoms with E-state index in [4.69, 9.17) is 10.5 Å². The van der Waals surface area contributed by atoms with E-state index in [1.165, 1.54) is 6.07 Å². The zero-order valence-corrected chi connectivity index (χ0v) is 12.6. The molecule has 0 aliphatic carbocycles. The molecule has 2 heterocycles. The number of ether oxygens (including phenoxy) is 1. The van der Waals surface area contributed by atoms with Gasteiger partial charge in [0, 0.05) is 30.4 Å². The Balaban J connectivity index is 2.17. The van der Waals surface area contributed by atoms with Gasteiger partial charge >= 0.3 is 0 Å². The van der Waals surface area contributed by atoms with Crippen LogP contribution in [0.3, 0.4) is 0 Å². The van der Waals surface area contributed by atoms with Gasteiger partial charge in [0.05, 0.1) is 11.5 Å². The van der Waals surface area contributed by atoms with Crippen LogP contribution in [0.5, 0.6) is 0 Å². The Morgan fingerprint density at radius 2 is 2.38 bits per heavy atom. The number of hydrogen-bond donors (Lipinski definition) is 1. The van der Waals surface area contributed by atoms with Gasteiger partial charge in [-0.15, -0.1) is 0 Å². The van der Waals surface area contributed by atoms with E-state index >= 15 is 0 Å². The Hall–Kier alpha value is -1.60. The van der Waals surface area contributed by atoms with Gasteiger partial charge in [-0.05, 0) is 24.5 Å². The first kappa shape index (κ1) is 14.3. The summed E-state index contributed by atoms with van der Waals surface area (Å²) in [5, 5.41) is 11.6. The van der Waals surface area contributed by atoms with Crippen LogP contribution in [-0.4, -0.2) is 29.1 Å². The van der Waals surface area contributed by atoms with Crippen molar-refractivity contribution in [3.05, 3.63) is 39.4 Å². The van der Waals surface area contributed by atoms with Gasteiger partial charge < -0.3 is 10.5 Å². The van der Waals surface area contributed by atoms with Gasteiger partial charge in [-0.3, -0.25) is 10.1 Å². The number of amidine groups is 1. The minimum Gasteiger partial charge on any atom is -0.379 e. The van der Waals surface area contributed by atoms with Crippen molar-refractivity contribution in [2.75, 3.05) is 19.0 Å². The molecule has 7 heteroatoms. The predicted molar refractivity (Wildman–Crippen MR) is 82.5 cm³/mol. The molecule has 0 unspecified atom stereocenters. The smallest absolute Gasteiger partial charge is 0.269 e. The highest BCUT2D eigenvalue weighted by atomic mass is 32.2. The standard InChI is InChI=1S/C14H17N3O3S/c1-9-2-3-11(17(18)19)6-12(9)14-8-20-5-4-10(14)7-21-13(15)16-14/h2-3,6,10H,4-5,7-8H2,1H3,(H2,15,16)/t10-,14-/m0/s1. The van der Waals surface area contributed by atoms with Gasteiger partial charge in [0.2, 0.25) is 0 Å². The van der Waals surface area contributed by atoms with Crippen LogP contribution in [-0.2, 0) is 10.3 Å². The second-order valence-corrected chi connectivity index (χ2v) is 6.52. The van der Waals surface area contributed by atoms with Crippen LogP contribution >= 0.6 is 11.8 Å². The number of aryl methyl sites for hydroxylation is 1. The van der Waals surface area contributed by atoms with E-state index in [2.05, 4.69) is 4.99 Å². The number of non-ortho nitro benzene ring substituents is 1. The lowest BCUT2D eigenvalue weighted by atomic mass is 9.75. The lowest BCUT2D eigenvalue weighted by Gasteiger charge is -2.44. The largest absolute Gasteiger partial charge is 0.379 e. The van der Waals surface area contributed by atoms with Crippen molar-refractivity contribution in [2.24, 2.45) is 16.6 Å². The summed E-state index contributed by atoms with van der Waals surface area (Å²) < 4.78 is 5.66. The molecule has 0 amide bonds. The highest BCUT2D eigenvalue weighted by Gasteiger charge is 2.46. The topological polar surface area (TPSA) is 90.8 Å². The molecule has 1 aromatic carbocycles. The highest BCUT2D eigenvalue weighted by molar-refractivity contribution is 8.13. The fraction of sp³-hybridized carbons (Fsp3) is 0.500. The van der Waals surface area contributed by atoms with Gasteiger partial charge in [0.1, 0.15) is 5.54 Å². The zero-order chi connectivity index (χ0) is 15.0. The summed E-state index contributed by atoms with van der Waals surface area (Å²) in [5.74, 6) is 1.17. The van der Waals surface area contributed by atoms with Gasteiger partial charge in [-0.25, -0.2) is 4.99 Å². The SMILES string of the molecule is Cc1ccc([N+](=O)[O-])cc1[C@]12COCC[C@H]1CSC(N)=N2. The average Bonchev–Trinajstić information content (AvgIpc) is 2.47. The van der Waals surface area contributed by atoms with Crippen LogP contribution in [0.25, 0.3) is 0 Å². The van der Waals surface area contributed by atoms with Crippen LogP contribution in [0.2, 0.25) is 0 Å². The maximum absolute atomic E-state index is 11.1. The summed E-state index contributed by atoms with van der Waals surface area (Å²) in [6.07, 6.45) is 0.895. The summed E-state index contributed by atoms with van der Waals surface area (Å²) in [7, 11) is 0. The minimum absolute atomic E-state index is 0.0845. The molecule has 1 fully saturated rings. The first-order chi connectivity index (χ1) is 10.0. The van der Waals surface area contributed by atoms with Crippen molar-refractivity contribution < 1.29 is 9.66 Å². The summed E-state index contributed by atoms with van der Waals surface area (Å²) in [6, 6.07) is 4.93. The molecule has 2 atom stereocenters. The molecule has 0 saturated carbocycles. The molecular weight excluding hydrogens is 290 g/mol. The number of benzene rings is 1. The second kappa shape index (κ2) is 5.31. The van der Waals surface area contributed by atoms with Crippen molar-refractivity contribution in [3.63, 3.8) is 0 Å². The van der Waals surface area contributed by atoms with Gasteiger partial charge in [-0.1, -0.05) is 17.8 Å². The van der Waals surface area contributed by atoms with Crippen molar-refractivity contribution >= 4 is 22.6 Å². The number of nitrogens with zero attached hydrogens (tertiary/aromatic N) is 2. The van der Waals surface area contributed by atoms with Crippen LogP contribution in [0.15, 0.2) is 23.2 Å². The second-order valence-electron chi connectivity index (χ2n) is 5.48. The van der Waals surface area contributed by atoms with Crippen molar-refractivity contribution in [1.29, 1.82) is 0 Å². The number of aliphatic imine (C=N–C) groups is 1. The van der Waals surface area contributed by atoms with Crippen LogP contribution < -0.4 is 5.73 Å². The van der Waals surface area contributed by atoms with E-state index in [1.807, 2.05) is 6.92 Å². The lowest BCUT2D eigenvalue weighted by Crippen LogP contribution is -2.47. The molecule has 2 aliphatic heterocycles. The van der Waals surface area contributed by atoms with E-state index in [0.717, 1.165) is 23.3 Å². The van der Waals surface area contributed by atoms with E-state index in [-0.39, 0.29) is 10.6 Å². The van der Waals surface area contributed by atoms with E-state index in [9.17, 15) is 10.1 Å². The molecule has 0 radical (unpaired) electrons. The summed E-state index contributed by atoms with van der Waals surface area (Å²) in [5.41, 5.74) is 7.29. The monoisotopic (exact) mass is 307 g/mol. The highest BCUT2D eigenvalue weighted by Crippen LogP contribution is 2.46. The molecule has 2 N–H and O–H groups in total. The minimum atomic E-state index is -0.580. The molecule has 2 aliphatic rings. The number of hydrogen-bond acceptors (Lipinski definition) is 6. The Morgan fingerprint density at radius 3 is 3.14 bits per heavy atom. The van der Waals surface area contributed by atoms with Crippen LogP contribution in [0.4, 0.5) is 5.69 Å². The molecule has 0 bridgehead atoms. The third-order valence-corrected chi connectivity index (χ3v) is 5.20. The molecule has 1 saturated heterocycles. The zero-order valence-electron chi connectivity index (χ0n) is 11.7. The molecule has 21 heavy (non-hydrogen) atoms. The Bertz CT molecular complexity index is 619. The van der Waals surface area contributed by atoms with Gasteiger partial charge in [0.25, 0.3) is 5.69 Å². The first-order valence-electron chi connectivity index (χ1n) is 6.84. The van der Waals surface area contributed by atoms with Crippen LogP contribution in [0.1, 0.15) is 17.5 Å². The summed E-state index contributed by atoms with van der Waals surface area (Å²) in [4.78, 5) is 15.4. The quantitative estimate of drug-likeness (QED) is 0.668. The Kier molecular flexibility index (Phi) is 3.62. The third-order valence-electron chi connectivity index (χ3n) is 4.25. The summed E-state index contributed by atoms with van der Waals surface area (Å²) >= 11 is 1.55. The van der Waals surface area contributed by atoms with E-state index < -0.39 is 5.54 Å². The fourth-order valence-corrected chi connectivity index (χ4v) is 4.16. The molecule has 112 valence electrons. The Labute approximate surface area is 126 Å². The number of rotatable bonds is 2. The molecule has 1 aromatic rings. The van der Waals surface area contributed by atoms with Crippen molar-refractivity contribution in [3.8, 4) is 0 Å². The Morgan fingerprint density at radius 1 is 1.57 bits per heavy atom. The maximum Gasteiger partial charge on any atom is 0.269 e. The van der Waals surface area contributed by atoms with E-state index in [0.29, 0.717) is 24.3 Å². The summed E-state index contributed by atoms with van der Waals surface area (Å²) in [6.45, 7) is 3.09. The molecule has 0 aromatic heterocycles. The molecular formula is C14H17N3O3S. The van der Waals surface area contributed by atoms with E-state index in [1.54, 1.807) is 23.9 Å². The number of nitro benzene ring substituents is 1. The number of nitro groups is 1. The van der Waals surface area contributed by atoms with Crippen LogP contribution in [0, 0.1) is 23.0 Å². The first-order valence-corrected chi connectivity index (χ1v) is 7.83. The number of thioether (sulfide) groups is 1. The van der Waals surface area contributed by atoms with Gasteiger partial charge in [-0.2, -0.15) is 0 Å². The number of fused-ring (bicyclic) bond motifs is 1. The lowest BCUT2D eigenvalue weighted by molar-refractivity contribution is -0.385. The molecule has 6 nitrogen and oxygen atoms in total. The number of nitrogens with two attached hydrogens (primary N) is 1. The fourth-order valence-electron chi connectivity index (χ4n) is 3.12. The normalized spacial score (nSPS) is 28.6. The predicted octanol–water partition coefficient (Wildman–Crippen LogP) is 2.20.